The van der Waals surface area contributed by atoms with Crippen LogP contribution in [0.5, 0.6) is 0 Å². The molecule has 0 bridgehead atoms. The second kappa shape index (κ2) is 6.34. The van der Waals surface area contributed by atoms with Gasteiger partial charge in [0.1, 0.15) is 0 Å². The van der Waals surface area contributed by atoms with Crippen molar-refractivity contribution in [1.29, 1.82) is 0 Å². The minimum Gasteiger partial charge on any atom is -0.350 e. The number of nitrogens with zero attached hydrogens (tertiary/aromatic N) is 1. The molecule has 0 saturated carbocycles. The summed E-state index contributed by atoms with van der Waals surface area (Å²) < 4.78 is 0.990. The molecule has 1 atom stereocenters. The topological polar surface area (TPSA) is 32.3 Å². The number of hydrogen-bond donors (Lipinski definition) is 1. The molecule has 1 amide bonds. The Hall–Kier alpha value is -0.870. The molecule has 1 unspecified atom stereocenters. The summed E-state index contributed by atoms with van der Waals surface area (Å²) in [5.74, 6) is 0.00791. The van der Waals surface area contributed by atoms with Gasteiger partial charge in [-0.1, -0.05) is 15.9 Å². The molecule has 4 heteroatoms. The van der Waals surface area contributed by atoms with Gasteiger partial charge >= 0.3 is 0 Å². The van der Waals surface area contributed by atoms with Crippen LogP contribution in [-0.4, -0.2) is 36.5 Å². The highest BCUT2D eigenvalue weighted by molar-refractivity contribution is 9.10. The summed E-state index contributed by atoms with van der Waals surface area (Å²) in [6, 6.07) is 7.87. The van der Waals surface area contributed by atoms with Crippen molar-refractivity contribution in [3.8, 4) is 0 Å². The normalized spacial score (nSPS) is 17.7. The fourth-order valence-electron chi connectivity index (χ4n) is 2.26. The Morgan fingerprint density at radius 3 is 2.56 bits per heavy atom. The Balaban J connectivity index is 1.82. The van der Waals surface area contributed by atoms with Gasteiger partial charge < -0.3 is 5.32 Å². The van der Waals surface area contributed by atoms with E-state index in [9.17, 15) is 4.79 Å². The molecule has 1 aliphatic heterocycles. The second-order valence-electron chi connectivity index (χ2n) is 4.81. The maximum Gasteiger partial charge on any atom is 0.251 e. The first-order valence-corrected chi connectivity index (χ1v) is 7.24. The van der Waals surface area contributed by atoms with E-state index in [0.717, 1.165) is 24.1 Å². The number of hydrogen-bond acceptors (Lipinski definition) is 2. The van der Waals surface area contributed by atoms with Crippen LogP contribution in [0, 0.1) is 0 Å². The Morgan fingerprint density at radius 1 is 1.33 bits per heavy atom. The first-order valence-electron chi connectivity index (χ1n) is 6.44. The molecule has 1 N–H and O–H groups in total. The van der Waals surface area contributed by atoms with Gasteiger partial charge in [0.05, 0.1) is 0 Å². The number of carbonyl (C=O) groups is 1. The molecule has 0 spiro atoms. The van der Waals surface area contributed by atoms with Crippen LogP contribution < -0.4 is 5.32 Å². The van der Waals surface area contributed by atoms with Crippen molar-refractivity contribution in [1.82, 2.24) is 10.2 Å². The van der Waals surface area contributed by atoms with Crippen LogP contribution in [0.25, 0.3) is 0 Å². The molecule has 3 nitrogen and oxygen atoms in total. The SMILES string of the molecule is CC(CNC(=O)c1ccc(Br)cc1)N1CCCC1. The van der Waals surface area contributed by atoms with Crippen molar-refractivity contribution in [2.24, 2.45) is 0 Å². The molecule has 1 aliphatic rings. The monoisotopic (exact) mass is 310 g/mol. The van der Waals surface area contributed by atoms with E-state index in [4.69, 9.17) is 0 Å². The van der Waals surface area contributed by atoms with E-state index in [1.54, 1.807) is 0 Å². The smallest absolute Gasteiger partial charge is 0.251 e. The molecule has 1 aromatic carbocycles. The van der Waals surface area contributed by atoms with Crippen LogP contribution in [0.2, 0.25) is 0 Å². The van der Waals surface area contributed by atoms with Gasteiger partial charge in [0.25, 0.3) is 5.91 Å². The van der Waals surface area contributed by atoms with E-state index in [0.29, 0.717) is 11.6 Å². The van der Waals surface area contributed by atoms with Crippen LogP contribution in [0.4, 0.5) is 0 Å². The third kappa shape index (κ3) is 3.56. The number of likely N-dealkylation sites (tertiary alicyclic amines) is 1. The van der Waals surface area contributed by atoms with Gasteiger partial charge in [-0.3, -0.25) is 9.69 Å². The minimum absolute atomic E-state index is 0.00791. The Kier molecular flexibility index (Phi) is 4.78. The molecule has 1 heterocycles. The summed E-state index contributed by atoms with van der Waals surface area (Å²) in [6.45, 7) is 5.22. The highest BCUT2D eigenvalue weighted by Crippen LogP contribution is 2.12. The molecule has 98 valence electrons. The molecule has 1 saturated heterocycles. The van der Waals surface area contributed by atoms with Crippen molar-refractivity contribution in [3.05, 3.63) is 34.3 Å². The molecule has 18 heavy (non-hydrogen) atoms. The summed E-state index contributed by atoms with van der Waals surface area (Å²) in [6.07, 6.45) is 2.57. The number of amides is 1. The maximum atomic E-state index is 11.9. The lowest BCUT2D eigenvalue weighted by atomic mass is 10.2. The number of benzene rings is 1. The standard InChI is InChI=1S/C14H19BrN2O/c1-11(17-8-2-3-9-17)10-16-14(18)12-4-6-13(15)7-5-12/h4-7,11H,2-3,8-10H2,1H3,(H,16,18). The van der Waals surface area contributed by atoms with Crippen molar-refractivity contribution in [2.45, 2.75) is 25.8 Å². The average molecular weight is 311 g/mol. The maximum absolute atomic E-state index is 11.9. The quantitative estimate of drug-likeness (QED) is 0.927. The predicted octanol–water partition coefficient (Wildman–Crippen LogP) is 2.66. The van der Waals surface area contributed by atoms with Gasteiger partial charge in [-0.05, 0) is 57.1 Å². The first-order chi connectivity index (χ1) is 8.66. The Labute approximate surface area is 117 Å². The molecular weight excluding hydrogens is 292 g/mol. The summed E-state index contributed by atoms with van der Waals surface area (Å²) in [5.41, 5.74) is 0.715. The van der Waals surface area contributed by atoms with Crippen LogP contribution in [-0.2, 0) is 0 Å². The van der Waals surface area contributed by atoms with Crippen molar-refractivity contribution in [3.63, 3.8) is 0 Å². The van der Waals surface area contributed by atoms with Gasteiger partial charge in [0.15, 0.2) is 0 Å². The van der Waals surface area contributed by atoms with Crippen molar-refractivity contribution >= 4 is 21.8 Å². The lowest BCUT2D eigenvalue weighted by Crippen LogP contribution is -2.40. The zero-order chi connectivity index (χ0) is 13.0. The summed E-state index contributed by atoms with van der Waals surface area (Å²) in [4.78, 5) is 14.4. The fourth-order valence-corrected chi connectivity index (χ4v) is 2.52. The lowest BCUT2D eigenvalue weighted by Gasteiger charge is -2.23. The van der Waals surface area contributed by atoms with Gasteiger partial charge in [-0.25, -0.2) is 0 Å². The van der Waals surface area contributed by atoms with E-state index >= 15 is 0 Å². The lowest BCUT2D eigenvalue weighted by molar-refractivity contribution is 0.0940. The van der Waals surface area contributed by atoms with Gasteiger partial charge in [0.2, 0.25) is 0 Å². The highest BCUT2D eigenvalue weighted by atomic mass is 79.9. The van der Waals surface area contributed by atoms with E-state index < -0.39 is 0 Å². The third-order valence-electron chi connectivity index (χ3n) is 3.43. The van der Waals surface area contributed by atoms with Crippen molar-refractivity contribution in [2.75, 3.05) is 19.6 Å². The molecule has 0 radical (unpaired) electrons. The molecule has 1 fully saturated rings. The average Bonchev–Trinajstić information content (AvgIpc) is 2.90. The molecule has 1 aromatic rings. The van der Waals surface area contributed by atoms with E-state index in [1.165, 1.54) is 12.8 Å². The van der Waals surface area contributed by atoms with Gasteiger partial charge in [-0.2, -0.15) is 0 Å². The second-order valence-corrected chi connectivity index (χ2v) is 5.72. The third-order valence-corrected chi connectivity index (χ3v) is 3.96. The molecule has 0 aromatic heterocycles. The predicted molar refractivity (Wildman–Crippen MR) is 76.7 cm³/mol. The van der Waals surface area contributed by atoms with Gasteiger partial charge in [-0.15, -0.1) is 0 Å². The Morgan fingerprint density at radius 2 is 1.94 bits per heavy atom. The zero-order valence-corrected chi connectivity index (χ0v) is 12.2. The largest absolute Gasteiger partial charge is 0.350 e. The number of rotatable bonds is 4. The first kappa shape index (κ1) is 13.6. The number of halogens is 1. The highest BCUT2D eigenvalue weighted by Gasteiger charge is 2.18. The Bertz CT molecular complexity index is 399. The number of carbonyl (C=O) groups excluding carboxylic acids is 1. The van der Waals surface area contributed by atoms with E-state index in [2.05, 4.69) is 33.1 Å². The summed E-state index contributed by atoms with van der Waals surface area (Å²) in [5, 5.41) is 3.00. The molecule has 0 aliphatic carbocycles. The summed E-state index contributed by atoms with van der Waals surface area (Å²) in [7, 11) is 0. The van der Waals surface area contributed by atoms with Crippen LogP contribution in [0.1, 0.15) is 30.1 Å². The molecule has 2 rings (SSSR count). The number of nitrogens with one attached hydrogen (secondary N) is 1. The van der Waals surface area contributed by atoms with Crippen LogP contribution in [0.15, 0.2) is 28.7 Å². The van der Waals surface area contributed by atoms with Crippen LogP contribution in [0.3, 0.4) is 0 Å². The van der Waals surface area contributed by atoms with Crippen molar-refractivity contribution < 1.29 is 4.79 Å². The minimum atomic E-state index is 0.00791. The summed E-state index contributed by atoms with van der Waals surface area (Å²) >= 11 is 3.36. The van der Waals surface area contributed by atoms with E-state index in [-0.39, 0.29) is 5.91 Å². The van der Waals surface area contributed by atoms with Gasteiger partial charge in [0, 0.05) is 22.6 Å². The zero-order valence-electron chi connectivity index (χ0n) is 10.7. The fraction of sp³-hybridized carbons (Fsp3) is 0.500. The van der Waals surface area contributed by atoms with E-state index in [1.807, 2.05) is 24.3 Å². The molecular formula is C14H19BrN2O. The van der Waals surface area contributed by atoms with Crippen LogP contribution >= 0.6 is 15.9 Å².